The molecule has 1 N–H and O–H groups in total. The highest BCUT2D eigenvalue weighted by molar-refractivity contribution is 9.10. The summed E-state index contributed by atoms with van der Waals surface area (Å²) in [6, 6.07) is 14.8. The highest BCUT2D eigenvalue weighted by Crippen LogP contribution is 2.34. The minimum Gasteiger partial charge on any atom is -0.360 e. The minimum absolute atomic E-state index is 0.906. The van der Waals surface area contributed by atoms with E-state index in [1.54, 1.807) is 0 Å². The van der Waals surface area contributed by atoms with E-state index in [2.05, 4.69) is 68.6 Å². The van der Waals surface area contributed by atoms with Gasteiger partial charge in [0.25, 0.3) is 0 Å². The van der Waals surface area contributed by atoms with Crippen molar-refractivity contribution in [1.82, 2.24) is 10.2 Å². The van der Waals surface area contributed by atoms with E-state index in [4.69, 9.17) is 0 Å². The van der Waals surface area contributed by atoms with Crippen LogP contribution < -0.4 is 4.90 Å². The van der Waals surface area contributed by atoms with Crippen LogP contribution >= 0.6 is 15.9 Å². The monoisotopic (exact) mass is 315 g/mol. The molecule has 0 amide bonds. The second-order valence-corrected chi connectivity index (χ2v) is 5.49. The molecule has 1 heterocycles. The SMILES string of the molecule is CN(C)c1n[nH]c(-c2ccc3ccccc3c2)c1Br. The van der Waals surface area contributed by atoms with E-state index < -0.39 is 0 Å². The summed E-state index contributed by atoms with van der Waals surface area (Å²) in [5.74, 6) is 0.906. The van der Waals surface area contributed by atoms with Gasteiger partial charge in [-0.1, -0.05) is 36.4 Å². The van der Waals surface area contributed by atoms with Gasteiger partial charge in [0.15, 0.2) is 5.82 Å². The molecule has 0 radical (unpaired) electrons. The van der Waals surface area contributed by atoms with Gasteiger partial charge in [0.2, 0.25) is 0 Å². The van der Waals surface area contributed by atoms with Crippen molar-refractivity contribution in [3.05, 3.63) is 46.9 Å². The van der Waals surface area contributed by atoms with Crippen molar-refractivity contribution >= 4 is 32.5 Å². The average Bonchev–Trinajstić information content (AvgIpc) is 2.80. The molecule has 0 aliphatic carbocycles. The van der Waals surface area contributed by atoms with Crippen LogP contribution in [0, 0.1) is 0 Å². The molecule has 1 aromatic heterocycles. The van der Waals surface area contributed by atoms with Crippen molar-refractivity contribution in [2.45, 2.75) is 0 Å². The molecule has 0 fully saturated rings. The van der Waals surface area contributed by atoms with Gasteiger partial charge in [-0.15, -0.1) is 0 Å². The van der Waals surface area contributed by atoms with E-state index >= 15 is 0 Å². The molecular formula is C15H14BrN3. The number of hydrogen-bond donors (Lipinski definition) is 1. The van der Waals surface area contributed by atoms with Crippen LogP contribution in [0.25, 0.3) is 22.0 Å². The first-order chi connectivity index (χ1) is 9.16. The average molecular weight is 316 g/mol. The number of aromatic nitrogens is 2. The molecule has 0 atom stereocenters. The lowest BCUT2D eigenvalue weighted by Gasteiger charge is -2.08. The number of hydrogen-bond acceptors (Lipinski definition) is 2. The quantitative estimate of drug-likeness (QED) is 0.773. The van der Waals surface area contributed by atoms with Crippen LogP contribution in [0.4, 0.5) is 5.82 Å². The predicted octanol–water partition coefficient (Wildman–Crippen LogP) is 4.06. The van der Waals surface area contributed by atoms with E-state index in [1.807, 2.05) is 19.0 Å². The van der Waals surface area contributed by atoms with Crippen molar-refractivity contribution in [2.24, 2.45) is 0 Å². The van der Waals surface area contributed by atoms with E-state index in [9.17, 15) is 0 Å². The number of halogens is 1. The lowest BCUT2D eigenvalue weighted by atomic mass is 10.1. The van der Waals surface area contributed by atoms with E-state index in [1.165, 1.54) is 10.8 Å². The Bertz CT molecular complexity index is 731. The number of rotatable bonds is 2. The van der Waals surface area contributed by atoms with Crippen molar-refractivity contribution < 1.29 is 0 Å². The largest absolute Gasteiger partial charge is 0.360 e. The first-order valence-electron chi connectivity index (χ1n) is 6.07. The second-order valence-electron chi connectivity index (χ2n) is 4.69. The van der Waals surface area contributed by atoms with Crippen LogP contribution in [0.2, 0.25) is 0 Å². The Morgan fingerprint density at radius 1 is 1.05 bits per heavy atom. The number of fused-ring (bicyclic) bond motifs is 1. The molecule has 3 nitrogen and oxygen atoms in total. The molecule has 3 aromatic rings. The Kier molecular flexibility index (Phi) is 3.03. The molecule has 0 unspecified atom stereocenters. The van der Waals surface area contributed by atoms with Gasteiger partial charge in [-0.25, -0.2) is 0 Å². The molecule has 3 rings (SSSR count). The van der Waals surface area contributed by atoms with Crippen molar-refractivity contribution in [1.29, 1.82) is 0 Å². The van der Waals surface area contributed by atoms with Gasteiger partial charge in [0.05, 0.1) is 10.2 Å². The van der Waals surface area contributed by atoms with Gasteiger partial charge in [0, 0.05) is 19.7 Å². The molecule has 0 spiro atoms. The zero-order chi connectivity index (χ0) is 13.4. The second kappa shape index (κ2) is 4.70. The highest BCUT2D eigenvalue weighted by atomic mass is 79.9. The molecule has 96 valence electrons. The first-order valence-corrected chi connectivity index (χ1v) is 6.86. The Labute approximate surface area is 120 Å². The smallest absolute Gasteiger partial charge is 0.164 e. The first kappa shape index (κ1) is 12.2. The summed E-state index contributed by atoms with van der Waals surface area (Å²) in [7, 11) is 3.95. The standard InChI is InChI=1S/C15H14BrN3/c1-19(2)15-13(16)14(17-18-15)12-8-7-10-5-3-4-6-11(10)9-12/h3-9H,1-2H3,(H,17,18). The summed E-state index contributed by atoms with van der Waals surface area (Å²) in [6.07, 6.45) is 0. The van der Waals surface area contributed by atoms with Gasteiger partial charge >= 0.3 is 0 Å². The zero-order valence-electron chi connectivity index (χ0n) is 10.8. The number of anilines is 1. The number of aromatic amines is 1. The molecule has 0 aliphatic heterocycles. The summed E-state index contributed by atoms with van der Waals surface area (Å²) in [4.78, 5) is 1.98. The van der Waals surface area contributed by atoms with Gasteiger partial charge in [-0.05, 0) is 32.8 Å². The predicted molar refractivity (Wildman–Crippen MR) is 83.6 cm³/mol. The van der Waals surface area contributed by atoms with Crippen LogP contribution in [0.3, 0.4) is 0 Å². The molecule has 0 saturated heterocycles. The minimum atomic E-state index is 0.906. The third kappa shape index (κ3) is 2.12. The maximum Gasteiger partial charge on any atom is 0.164 e. The van der Waals surface area contributed by atoms with Gasteiger partial charge < -0.3 is 4.90 Å². The Hall–Kier alpha value is -1.81. The van der Waals surface area contributed by atoms with E-state index in [0.717, 1.165) is 21.5 Å². The van der Waals surface area contributed by atoms with Crippen LogP contribution in [-0.2, 0) is 0 Å². The number of H-pyrrole nitrogens is 1. The lowest BCUT2D eigenvalue weighted by molar-refractivity contribution is 1.01. The number of benzene rings is 2. The lowest BCUT2D eigenvalue weighted by Crippen LogP contribution is -2.09. The summed E-state index contributed by atoms with van der Waals surface area (Å²) in [5.41, 5.74) is 2.14. The molecule has 4 heteroatoms. The normalized spacial score (nSPS) is 10.9. The third-order valence-electron chi connectivity index (χ3n) is 3.15. The van der Waals surface area contributed by atoms with E-state index in [0.29, 0.717) is 0 Å². The van der Waals surface area contributed by atoms with Crippen molar-refractivity contribution in [2.75, 3.05) is 19.0 Å². The molecular weight excluding hydrogens is 302 g/mol. The maximum atomic E-state index is 4.33. The molecule has 0 bridgehead atoms. The van der Waals surface area contributed by atoms with Gasteiger partial charge in [-0.3, -0.25) is 5.10 Å². The topological polar surface area (TPSA) is 31.9 Å². The van der Waals surface area contributed by atoms with Crippen molar-refractivity contribution in [3.63, 3.8) is 0 Å². The van der Waals surface area contributed by atoms with Crippen LogP contribution in [0.15, 0.2) is 46.9 Å². The Balaban J connectivity index is 2.14. The van der Waals surface area contributed by atoms with E-state index in [-0.39, 0.29) is 0 Å². The fourth-order valence-electron chi connectivity index (χ4n) is 2.15. The highest BCUT2D eigenvalue weighted by Gasteiger charge is 2.13. The van der Waals surface area contributed by atoms with Gasteiger partial charge in [-0.2, -0.15) is 5.10 Å². The number of nitrogens with zero attached hydrogens (tertiary/aromatic N) is 2. The summed E-state index contributed by atoms with van der Waals surface area (Å²) >= 11 is 3.62. The van der Waals surface area contributed by atoms with Crippen LogP contribution in [0.1, 0.15) is 0 Å². The molecule has 0 aliphatic rings. The Morgan fingerprint density at radius 2 is 1.79 bits per heavy atom. The maximum absolute atomic E-state index is 4.33. The summed E-state index contributed by atoms with van der Waals surface area (Å²) in [5, 5.41) is 9.90. The summed E-state index contributed by atoms with van der Waals surface area (Å²) in [6.45, 7) is 0. The fraction of sp³-hybridized carbons (Fsp3) is 0.133. The zero-order valence-corrected chi connectivity index (χ0v) is 12.4. The Morgan fingerprint density at radius 3 is 2.47 bits per heavy atom. The number of nitrogens with one attached hydrogen (secondary N) is 1. The molecule has 19 heavy (non-hydrogen) atoms. The van der Waals surface area contributed by atoms with Crippen LogP contribution in [0.5, 0.6) is 0 Å². The third-order valence-corrected chi connectivity index (χ3v) is 3.90. The van der Waals surface area contributed by atoms with Crippen molar-refractivity contribution in [3.8, 4) is 11.3 Å². The molecule has 0 saturated carbocycles. The molecule has 2 aromatic carbocycles. The summed E-state index contributed by atoms with van der Waals surface area (Å²) < 4.78 is 0.993. The van der Waals surface area contributed by atoms with Gasteiger partial charge in [0.1, 0.15) is 0 Å². The fourth-order valence-corrected chi connectivity index (χ4v) is 2.91. The van der Waals surface area contributed by atoms with Crippen LogP contribution in [-0.4, -0.2) is 24.3 Å².